The quantitative estimate of drug-likeness (QED) is 0.421. The molecule has 0 spiro atoms. The van der Waals surface area contributed by atoms with Gasteiger partial charge in [0.2, 0.25) is 5.95 Å². The summed E-state index contributed by atoms with van der Waals surface area (Å²) in [6.45, 7) is 3.36. The maximum Gasteiger partial charge on any atom is 0.290 e. The standard InChI is InChI=1S/C21H22N6O4S/c28-18(14-4-2-1-3-5-14)22-6-7-23-20-24-15(12-16-19(29)26-21(30)32-16)13-17(25-20)27-8-10-31-11-9-27/h1-5,12-13H,6-11H2,(H,22,28)(H,23,24,25)(H,26,29,30). The molecular weight excluding hydrogens is 432 g/mol. The number of anilines is 2. The Labute approximate surface area is 188 Å². The summed E-state index contributed by atoms with van der Waals surface area (Å²) in [7, 11) is 0. The number of hydrogen-bond acceptors (Lipinski definition) is 9. The maximum atomic E-state index is 12.2. The van der Waals surface area contributed by atoms with E-state index in [1.54, 1.807) is 24.3 Å². The smallest absolute Gasteiger partial charge is 0.290 e. The number of aromatic nitrogens is 2. The fourth-order valence-corrected chi connectivity index (χ4v) is 3.82. The molecule has 1 aromatic heterocycles. The van der Waals surface area contributed by atoms with Gasteiger partial charge in [-0.2, -0.15) is 4.98 Å². The van der Waals surface area contributed by atoms with E-state index in [1.807, 2.05) is 18.2 Å². The van der Waals surface area contributed by atoms with E-state index >= 15 is 0 Å². The van der Waals surface area contributed by atoms with Crippen LogP contribution in [0.15, 0.2) is 41.3 Å². The highest BCUT2D eigenvalue weighted by Crippen LogP contribution is 2.26. The largest absolute Gasteiger partial charge is 0.378 e. The number of hydrogen-bond donors (Lipinski definition) is 3. The number of ether oxygens (including phenoxy) is 1. The van der Waals surface area contributed by atoms with E-state index in [4.69, 9.17) is 4.74 Å². The van der Waals surface area contributed by atoms with Crippen LogP contribution in [0.4, 0.5) is 16.6 Å². The SMILES string of the molecule is O=C1NC(=O)C(=Cc2cc(N3CCOCC3)nc(NCCNC(=O)c3ccccc3)n2)S1. The van der Waals surface area contributed by atoms with E-state index in [1.165, 1.54) is 0 Å². The molecule has 2 saturated heterocycles. The van der Waals surface area contributed by atoms with Crippen molar-refractivity contribution in [3.63, 3.8) is 0 Å². The second kappa shape index (κ2) is 10.2. The van der Waals surface area contributed by atoms with Crippen molar-refractivity contribution in [1.82, 2.24) is 20.6 Å². The second-order valence-corrected chi connectivity index (χ2v) is 7.99. The molecule has 4 rings (SSSR count). The number of thioether (sulfide) groups is 1. The molecule has 0 saturated carbocycles. The van der Waals surface area contributed by atoms with Crippen LogP contribution in [0.2, 0.25) is 0 Å². The van der Waals surface area contributed by atoms with E-state index in [0.717, 1.165) is 11.8 Å². The predicted octanol–water partition coefficient (Wildman–Crippen LogP) is 1.48. The lowest BCUT2D eigenvalue weighted by Gasteiger charge is -2.28. The molecule has 10 nitrogen and oxygen atoms in total. The van der Waals surface area contributed by atoms with E-state index in [2.05, 4.69) is 30.8 Å². The zero-order valence-electron chi connectivity index (χ0n) is 17.2. The van der Waals surface area contributed by atoms with Crippen LogP contribution < -0.4 is 20.9 Å². The van der Waals surface area contributed by atoms with Gasteiger partial charge in [-0.3, -0.25) is 19.7 Å². The molecule has 2 aromatic rings. The number of carbonyl (C=O) groups excluding carboxylic acids is 3. The molecule has 11 heteroatoms. The van der Waals surface area contributed by atoms with Crippen LogP contribution in [0.5, 0.6) is 0 Å². The van der Waals surface area contributed by atoms with Gasteiger partial charge in [-0.15, -0.1) is 0 Å². The Hall–Kier alpha value is -3.44. The molecule has 2 aliphatic rings. The molecule has 2 aliphatic heterocycles. The third-order valence-corrected chi connectivity index (χ3v) is 5.53. The van der Waals surface area contributed by atoms with E-state index in [9.17, 15) is 14.4 Å². The fourth-order valence-electron chi connectivity index (χ4n) is 3.16. The summed E-state index contributed by atoms with van der Waals surface area (Å²) in [6.07, 6.45) is 1.57. The number of nitrogens with zero attached hydrogens (tertiary/aromatic N) is 3. The minimum Gasteiger partial charge on any atom is -0.378 e. The first-order valence-electron chi connectivity index (χ1n) is 10.1. The predicted molar refractivity (Wildman–Crippen MR) is 121 cm³/mol. The molecule has 0 bridgehead atoms. The van der Waals surface area contributed by atoms with Crippen molar-refractivity contribution in [2.24, 2.45) is 0 Å². The normalized spacial score (nSPS) is 17.4. The highest BCUT2D eigenvalue weighted by molar-refractivity contribution is 8.18. The van der Waals surface area contributed by atoms with Crippen LogP contribution in [0, 0.1) is 0 Å². The number of carbonyl (C=O) groups is 3. The van der Waals surface area contributed by atoms with Gasteiger partial charge in [0.25, 0.3) is 17.1 Å². The van der Waals surface area contributed by atoms with Crippen LogP contribution in [0.25, 0.3) is 6.08 Å². The van der Waals surface area contributed by atoms with Crippen molar-refractivity contribution in [1.29, 1.82) is 0 Å². The number of benzene rings is 1. The summed E-state index contributed by atoms with van der Waals surface area (Å²) < 4.78 is 5.41. The first-order valence-corrected chi connectivity index (χ1v) is 10.9. The maximum absolute atomic E-state index is 12.2. The lowest BCUT2D eigenvalue weighted by atomic mass is 10.2. The number of amides is 3. The van der Waals surface area contributed by atoms with Gasteiger partial charge in [0.1, 0.15) is 5.82 Å². The monoisotopic (exact) mass is 454 g/mol. The zero-order valence-corrected chi connectivity index (χ0v) is 18.0. The van der Waals surface area contributed by atoms with E-state index < -0.39 is 11.1 Å². The van der Waals surface area contributed by atoms with Gasteiger partial charge in [0.15, 0.2) is 0 Å². The Morgan fingerprint density at radius 3 is 2.66 bits per heavy atom. The summed E-state index contributed by atoms with van der Waals surface area (Å²) in [5, 5.41) is 7.79. The Bertz CT molecular complexity index is 1040. The van der Waals surface area contributed by atoms with Crippen molar-refractivity contribution in [2.45, 2.75) is 0 Å². The molecule has 3 amide bonds. The third-order valence-electron chi connectivity index (χ3n) is 4.72. The van der Waals surface area contributed by atoms with Gasteiger partial charge in [-0.25, -0.2) is 4.98 Å². The number of morpholine rings is 1. The lowest BCUT2D eigenvalue weighted by molar-refractivity contribution is -0.115. The Balaban J connectivity index is 1.45. The van der Waals surface area contributed by atoms with Gasteiger partial charge in [-0.05, 0) is 30.0 Å². The molecule has 32 heavy (non-hydrogen) atoms. The fraction of sp³-hybridized carbons (Fsp3) is 0.286. The van der Waals surface area contributed by atoms with E-state index in [0.29, 0.717) is 62.4 Å². The highest BCUT2D eigenvalue weighted by atomic mass is 32.2. The molecule has 3 N–H and O–H groups in total. The minimum atomic E-state index is -0.440. The minimum absolute atomic E-state index is 0.158. The number of nitrogens with one attached hydrogen (secondary N) is 3. The van der Waals surface area contributed by atoms with Gasteiger partial charge in [0, 0.05) is 37.8 Å². The zero-order chi connectivity index (χ0) is 22.3. The van der Waals surface area contributed by atoms with Crippen LogP contribution in [-0.2, 0) is 9.53 Å². The van der Waals surface area contributed by atoms with Crippen LogP contribution in [0.3, 0.4) is 0 Å². The van der Waals surface area contributed by atoms with Crippen molar-refractivity contribution >= 4 is 46.7 Å². The van der Waals surface area contributed by atoms with Gasteiger partial charge >= 0.3 is 0 Å². The number of imide groups is 1. The molecule has 3 heterocycles. The summed E-state index contributed by atoms with van der Waals surface area (Å²) in [6, 6.07) is 10.7. The molecule has 0 radical (unpaired) electrons. The summed E-state index contributed by atoms with van der Waals surface area (Å²) in [5.41, 5.74) is 1.10. The van der Waals surface area contributed by atoms with Crippen LogP contribution >= 0.6 is 11.8 Å². The van der Waals surface area contributed by atoms with Gasteiger partial charge < -0.3 is 20.3 Å². The van der Waals surface area contributed by atoms with Gasteiger partial charge in [-0.1, -0.05) is 18.2 Å². The first-order chi connectivity index (χ1) is 15.6. The third kappa shape index (κ3) is 5.62. The molecule has 1 aromatic carbocycles. The van der Waals surface area contributed by atoms with Gasteiger partial charge in [0.05, 0.1) is 23.8 Å². The average molecular weight is 455 g/mol. The highest BCUT2D eigenvalue weighted by Gasteiger charge is 2.25. The molecule has 2 fully saturated rings. The number of rotatable bonds is 7. The summed E-state index contributed by atoms with van der Waals surface area (Å²) >= 11 is 0.838. The Morgan fingerprint density at radius 1 is 1.16 bits per heavy atom. The Kier molecular flexibility index (Phi) is 6.97. The first kappa shape index (κ1) is 21.8. The summed E-state index contributed by atoms with van der Waals surface area (Å²) in [4.78, 5) is 46.9. The average Bonchev–Trinajstić information content (AvgIpc) is 3.14. The Morgan fingerprint density at radius 2 is 1.94 bits per heavy atom. The second-order valence-electron chi connectivity index (χ2n) is 6.97. The molecular formula is C21H22N6O4S. The van der Waals surface area contributed by atoms with Crippen LogP contribution in [-0.4, -0.2) is 66.4 Å². The molecule has 0 aliphatic carbocycles. The topological polar surface area (TPSA) is 126 Å². The lowest BCUT2D eigenvalue weighted by Crippen LogP contribution is -2.37. The van der Waals surface area contributed by atoms with Crippen molar-refractivity contribution in [3.8, 4) is 0 Å². The summed E-state index contributed by atoms with van der Waals surface area (Å²) in [5.74, 6) is 0.463. The molecule has 0 atom stereocenters. The van der Waals surface area contributed by atoms with Crippen molar-refractivity contribution < 1.29 is 19.1 Å². The van der Waals surface area contributed by atoms with Crippen LogP contribution in [0.1, 0.15) is 16.1 Å². The van der Waals surface area contributed by atoms with Crippen molar-refractivity contribution in [3.05, 3.63) is 52.6 Å². The molecule has 0 unspecified atom stereocenters. The van der Waals surface area contributed by atoms with E-state index in [-0.39, 0.29) is 10.8 Å². The molecule has 166 valence electrons. The van der Waals surface area contributed by atoms with Crippen molar-refractivity contribution in [2.75, 3.05) is 49.6 Å².